The summed E-state index contributed by atoms with van der Waals surface area (Å²) in [5.41, 5.74) is 2.23. The van der Waals surface area contributed by atoms with Gasteiger partial charge in [0, 0.05) is 24.6 Å². The third-order valence-electron chi connectivity index (χ3n) is 3.81. The molecule has 0 spiro atoms. The van der Waals surface area contributed by atoms with E-state index in [1.165, 1.54) is 5.56 Å². The molecule has 3 aromatic rings. The molecule has 0 saturated heterocycles. The van der Waals surface area contributed by atoms with Crippen molar-refractivity contribution in [1.29, 1.82) is 0 Å². The summed E-state index contributed by atoms with van der Waals surface area (Å²) in [4.78, 5) is 6.88. The topological polar surface area (TPSA) is 49.5 Å². The number of hydrogen-bond acceptors (Lipinski definition) is 5. The summed E-state index contributed by atoms with van der Waals surface area (Å²) < 4.78 is 5.39. The Kier molecular flexibility index (Phi) is 5.23. The highest BCUT2D eigenvalue weighted by Crippen LogP contribution is 2.27. The van der Waals surface area contributed by atoms with Gasteiger partial charge in [0.15, 0.2) is 10.8 Å². The van der Waals surface area contributed by atoms with Crippen molar-refractivity contribution in [3.8, 4) is 10.8 Å². The second kappa shape index (κ2) is 7.55. The molecule has 0 radical (unpaired) electrons. The molecule has 0 bridgehead atoms. The van der Waals surface area contributed by atoms with Gasteiger partial charge in [-0.3, -0.25) is 4.90 Å². The Morgan fingerprint density at radius 3 is 2.74 bits per heavy atom. The lowest BCUT2D eigenvalue weighted by Gasteiger charge is -2.27. The largest absolute Gasteiger partial charge is 0.462 e. The Morgan fingerprint density at radius 1 is 1.22 bits per heavy atom. The molecular formula is C18H20N2O2S. The Labute approximate surface area is 140 Å². The Bertz CT molecular complexity index is 710. The van der Waals surface area contributed by atoms with Crippen LogP contribution >= 0.6 is 11.3 Å². The molecule has 1 aromatic carbocycles. The lowest BCUT2D eigenvalue weighted by molar-refractivity contribution is 0.179. The number of rotatable bonds is 7. The van der Waals surface area contributed by atoms with E-state index in [4.69, 9.17) is 4.42 Å². The van der Waals surface area contributed by atoms with Crippen molar-refractivity contribution < 1.29 is 9.52 Å². The van der Waals surface area contributed by atoms with Crippen LogP contribution in [0.5, 0.6) is 0 Å². The van der Waals surface area contributed by atoms with Crippen LogP contribution in [0.1, 0.15) is 23.7 Å². The predicted molar refractivity (Wildman–Crippen MR) is 92.2 cm³/mol. The molecule has 23 heavy (non-hydrogen) atoms. The van der Waals surface area contributed by atoms with Gasteiger partial charge in [0.25, 0.3) is 0 Å². The molecule has 0 amide bonds. The van der Waals surface area contributed by atoms with Crippen LogP contribution < -0.4 is 0 Å². The normalized spacial score (nSPS) is 12.7. The van der Waals surface area contributed by atoms with Crippen LogP contribution in [0.2, 0.25) is 0 Å². The molecular weight excluding hydrogens is 308 g/mol. The number of benzene rings is 1. The third-order valence-corrected chi connectivity index (χ3v) is 4.72. The van der Waals surface area contributed by atoms with Crippen molar-refractivity contribution in [2.24, 2.45) is 0 Å². The van der Waals surface area contributed by atoms with E-state index in [2.05, 4.69) is 34.4 Å². The van der Waals surface area contributed by atoms with Crippen LogP contribution in [0.15, 0.2) is 58.5 Å². The molecule has 2 heterocycles. The first-order valence-corrected chi connectivity index (χ1v) is 8.50. The van der Waals surface area contributed by atoms with Crippen molar-refractivity contribution in [2.45, 2.75) is 19.0 Å². The number of aromatic nitrogens is 1. The molecule has 4 nitrogen and oxygen atoms in total. The standard InChI is InChI=1S/C18H20N2O2S/c1-20(16(9-10-21)14-6-3-2-4-7-14)12-15-13-23-18(19-15)17-8-5-11-22-17/h2-8,11,13,16,21H,9-10,12H2,1H3. The zero-order valence-electron chi connectivity index (χ0n) is 13.1. The molecule has 0 saturated carbocycles. The van der Waals surface area contributed by atoms with E-state index in [9.17, 15) is 5.11 Å². The van der Waals surface area contributed by atoms with Crippen LogP contribution in [0.4, 0.5) is 0 Å². The fraction of sp³-hybridized carbons (Fsp3) is 0.278. The molecule has 1 unspecified atom stereocenters. The fourth-order valence-electron chi connectivity index (χ4n) is 2.70. The summed E-state index contributed by atoms with van der Waals surface area (Å²) >= 11 is 1.59. The molecule has 3 rings (SSSR count). The minimum absolute atomic E-state index is 0.165. The first-order valence-electron chi connectivity index (χ1n) is 7.62. The quantitative estimate of drug-likeness (QED) is 0.713. The number of furan rings is 1. The lowest BCUT2D eigenvalue weighted by Crippen LogP contribution is -2.25. The SMILES string of the molecule is CN(Cc1csc(-c2ccco2)n1)C(CCO)c1ccccc1. The summed E-state index contributed by atoms with van der Waals surface area (Å²) in [6.45, 7) is 0.898. The molecule has 0 aliphatic rings. The number of hydrogen-bond donors (Lipinski definition) is 1. The average Bonchev–Trinajstić information content (AvgIpc) is 3.24. The van der Waals surface area contributed by atoms with Crippen LogP contribution in [0.25, 0.3) is 10.8 Å². The van der Waals surface area contributed by atoms with Gasteiger partial charge in [0.05, 0.1) is 12.0 Å². The highest BCUT2D eigenvalue weighted by molar-refractivity contribution is 7.13. The maximum absolute atomic E-state index is 9.39. The van der Waals surface area contributed by atoms with E-state index in [-0.39, 0.29) is 12.6 Å². The third kappa shape index (κ3) is 3.88. The number of aliphatic hydroxyl groups is 1. The first kappa shape index (κ1) is 15.9. The fourth-order valence-corrected chi connectivity index (χ4v) is 3.47. The van der Waals surface area contributed by atoms with E-state index >= 15 is 0 Å². The lowest BCUT2D eigenvalue weighted by atomic mass is 10.0. The van der Waals surface area contributed by atoms with Crippen molar-refractivity contribution in [1.82, 2.24) is 9.88 Å². The van der Waals surface area contributed by atoms with Crippen LogP contribution in [0, 0.1) is 0 Å². The summed E-state index contributed by atoms with van der Waals surface area (Å²) in [7, 11) is 2.07. The Morgan fingerprint density at radius 2 is 2.04 bits per heavy atom. The molecule has 120 valence electrons. The monoisotopic (exact) mass is 328 g/mol. The second-order valence-corrected chi connectivity index (χ2v) is 6.33. The predicted octanol–water partition coefficient (Wildman–Crippen LogP) is 3.96. The maximum atomic E-state index is 9.39. The van der Waals surface area contributed by atoms with E-state index in [0.29, 0.717) is 6.42 Å². The average molecular weight is 328 g/mol. The first-order chi connectivity index (χ1) is 11.3. The number of nitrogens with zero attached hydrogens (tertiary/aromatic N) is 2. The highest BCUT2D eigenvalue weighted by Gasteiger charge is 2.18. The minimum Gasteiger partial charge on any atom is -0.462 e. The zero-order chi connectivity index (χ0) is 16.1. The molecule has 1 atom stereocenters. The Hall–Kier alpha value is -1.95. The van der Waals surface area contributed by atoms with Crippen molar-refractivity contribution in [2.75, 3.05) is 13.7 Å². The van der Waals surface area contributed by atoms with Gasteiger partial charge in [-0.25, -0.2) is 4.98 Å². The highest BCUT2D eigenvalue weighted by atomic mass is 32.1. The van der Waals surface area contributed by atoms with Gasteiger partial charge in [-0.15, -0.1) is 11.3 Å². The number of aliphatic hydroxyl groups excluding tert-OH is 1. The van der Waals surface area contributed by atoms with Gasteiger partial charge in [-0.05, 0) is 31.2 Å². The smallest absolute Gasteiger partial charge is 0.162 e. The van der Waals surface area contributed by atoms with Crippen molar-refractivity contribution in [3.63, 3.8) is 0 Å². The van der Waals surface area contributed by atoms with E-state index < -0.39 is 0 Å². The summed E-state index contributed by atoms with van der Waals surface area (Å²) in [6, 6.07) is 14.3. The van der Waals surface area contributed by atoms with Crippen LogP contribution in [-0.2, 0) is 6.54 Å². The molecule has 5 heteroatoms. The zero-order valence-corrected chi connectivity index (χ0v) is 13.9. The van der Waals surface area contributed by atoms with Crippen LogP contribution in [-0.4, -0.2) is 28.6 Å². The van der Waals surface area contributed by atoms with E-state index in [1.54, 1.807) is 17.6 Å². The van der Waals surface area contributed by atoms with Gasteiger partial charge in [-0.2, -0.15) is 0 Å². The maximum Gasteiger partial charge on any atom is 0.162 e. The van der Waals surface area contributed by atoms with Gasteiger partial charge < -0.3 is 9.52 Å². The van der Waals surface area contributed by atoms with Crippen molar-refractivity contribution in [3.05, 3.63) is 65.4 Å². The second-order valence-electron chi connectivity index (χ2n) is 5.48. The molecule has 0 aliphatic heterocycles. The summed E-state index contributed by atoms with van der Waals surface area (Å²) in [5, 5.41) is 12.4. The minimum atomic E-state index is 0.165. The number of thiazole rings is 1. The van der Waals surface area contributed by atoms with Crippen LogP contribution in [0.3, 0.4) is 0 Å². The summed E-state index contributed by atoms with van der Waals surface area (Å²) in [5.74, 6) is 0.805. The van der Waals surface area contributed by atoms with E-state index in [1.807, 2.05) is 30.3 Å². The van der Waals surface area contributed by atoms with E-state index in [0.717, 1.165) is 23.0 Å². The molecule has 2 aromatic heterocycles. The molecule has 0 fully saturated rings. The summed E-state index contributed by atoms with van der Waals surface area (Å²) in [6.07, 6.45) is 2.37. The Balaban J connectivity index is 1.73. The van der Waals surface area contributed by atoms with Crippen molar-refractivity contribution >= 4 is 11.3 Å². The van der Waals surface area contributed by atoms with Gasteiger partial charge in [-0.1, -0.05) is 30.3 Å². The van der Waals surface area contributed by atoms with Gasteiger partial charge >= 0.3 is 0 Å². The molecule has 0 aliphatic carbocycles. The van der Waals surface area contributed by atoms with Gasteiger partial charge in [0.1, 0.15) is 0 Å². The molecule has 1 N–H and O–H groups in total. The van der Waals surface area contributed by atoms with Gasteiger partial charge in [0.2, 0.25) is 0 Å².